The van der Waals surface area contributed by atoms with Crippen LogP contribution < -0.4 is 14.8 Å². The van der Waals surface area contributed by atoms with Gasteiger partial charge in [-0.2, -0.15) is 0 Å². The van der Waals surface area contributed by atoms with Gasteiger partial charge in [0.1, 0.15) is 11.5 Å². The van der Waals surface area contributed by atoms with Crippen molar-refractivity contribution in [2.45, 2.75) is 18.9 Å². The number of rotatable bonds is 5. The van der Waals surface area contributed by atoms with Crippen LogP contribution in [-0.4, -0.2) is 50.1 Å². The summed E-state index contributed by atoms with van der Waals surface area (Å²) in [4.78, 5) is 26.9. The fraction of sp³-hybridized carbons (Fsp3) is 0.333. The van der Waals surface area contributed by atoms with Gasteiger partial charge in [-0.05, 0) is 49.2 Å². The fourth-order valence-corrected chi connectivity index (χ4v) is 3.24. The van der Waals surface area contributed by atoms with Crippen LogP contribution in [0, 0.1) is 0 Å². The second-order valence-electron chi connectivity index (χ2n) is 6.47. The van der Waals surface area contributed by atoms with E-state index in [1.807, 2.05) is 17.0 Å². The molecule has 0 aliphatic carbocycles. The maximum atomic E-state index is 12.6. The van der Waals surface area contributed by atoms with E-state index in [-0.39, 0.29) is 17.9 Å². The van der Waals surface area contributed by atoms with Crippen molar-refractivity contribution in [2.75, 3.05) is 27.3 Å². The van der Waals surface area contributed by atoms with Gasteiger partial charge in [0, 0.05) is 24.7 Å². The topological polar surface area (TPSA) is 67.9 Å². The van der Waals surface area contributed by atoms with Crippen LogP contribution in [0.25, 0.3) is 0 Å². The lowest BCUT2D eigenvalue weighted by molar-refractivity contribution is 0.0698. The van der Waals surface area contributed by atoms with Crippen LogP contribution >= 0.6 is 0 Å². The highest BCUT2D eigenvalue weighted by atomic mass is 16.5. The number of likely N-dealkylation sites (tertiary alicyclic amines) is 1. The molecule has 1 N–H and O–H groups in total. The molecule has 0 unspecified atom stereocenters. The molecule has 142 valence electrons. The predicted molar refractivity (Wildman–Crippen MR) is 102 cm³/mol. The van der Waals surface area contributed by atoms with Crippen molar-refractivity contribution in [3.8, 4) is 11.5 Å². The summed E-state index contributed by atoms with van der Waals surface area (Å²) >= 11 is 0. The average molecular weight is 368 g/mol. The molecule has 2 amide bonds. The standard InChI is InChI=1S/C21H24N2O4/c1-26-17-9-7-15(8-10-17)21(25)23-13-11-16(12-14-23)22-20(24)18-5-3-4-6-19(18)27-2/h3-10,16H,11-14H2,1-2H3,(H,22,24). The van der Waals surface area contributed by atoms with Crippen molar-refractivity contribution in [3.63, 3.8) is 0 Å². The molecule has 1 aliphatic heterocycles. The third-order valence-electron chi connectivity index (χ3n) is 4.81. The van der Waals surface area contributed by atoms with Crippen molar-refractivity contribution in [1.82, 2.24) is 10.2 Å². The number of amides is 2. The summed E-state index contributed by atoms with van der Waals surface area (Å²) in [6.45, 7) is 1.23. The summed E-state index contributed by atoms with van der Waals surface area (Å²) in [5.41, 5.74) is 1.17. The smallest absolute Gasteiger partial charge is 0.255 e. The van der Waals surface area contributed by atoms with E-state index in [0.29, 0.717) is 30.0 Å². The minimum absolute atomic E-state index is 0.00663. The monoisotopic (exact) mass is 368 g/mol. The van der Waals surface area contributed by atoms with Crippen molar-refractivity contribution < 1.29 is 19.1 Å². The fourth-order valence-electron chi connectivity index (χ4n) is 3.24. The van der Waals surface area contributed by atoms with Crippen LogP contribution in [-0.2, 0) is 0 Å². The maximum absolute atomic E-state index is 12.6. The van der Waals surface area contributed by atoms with Crippen LogP contribution in [0.5, 0.6) is 11.5 Å². The first kappa shape index (κ1) is 18.8. The molecular weight excluding hydrogens is 344 g/mol. The molecule has 0 saturated carbocycles. The lowest BCUT2D eigenvalue weighted by Gasteiger charge is -2.32. The molecule has 6 nitrogen and oxygen atoms in total. The average Bonchev–Trinajstić information content (AvgIpc) is 2.73. The number of piperidine rings is 1. The zero-order valence-electron chi connectivity index (χ0n) is 15.6. The van der Waals surface area contributed by atoms with Gasteiger partial charge in [-0.15, -0.1) is 0 Å². The van der Waals surface area contributed by atoms with E-state index in [1.165, 1.54) is 0 Å². The third kappa shape index (κ3) is 4.39. The van der Waals surface area contributed by atoms with Gasteiger partial charge >= 0.3 is 0 Å². The highest BCUT2D eigenvalue weighted by Gasteiger charge is 2.25. The van der Waals surface area contributed by atoms with Gasteiger partial charge in [-0.25, -0.2) is 0 Å². The van der Waals surface area contributed by atoms with E-state index >= 15 is 0 Å². The van der Waals surface area contributed by atoms with Crippen molar-refractivity contribution in [3.05, 3.63) is 59.7 Å². The molecule has 0 aromatic heterocycles. The number of hydrogen-bond donors (Lipinski definition) is 1. The Morgan fingerprint density at radius 2 is 1.63 bits per heavy atom. The minimum Gasteiger partial charge on any atom is -0.497 e. The van der Waals surface area contributed by atoms with Crippen molar-refractivity contribution in [1.29, 1.82) is 0 Å². The third-order valence-corrected chi connectivity index (χ3v) is 4.81. The Labute approximate surface area is 159 Å². The van der Waals surface area contributed by atoms with Crippen molar-refractivity contribution >= 4 is 11.8 Å². The molecule has 2 aromatic rings. The van der Waals surface area contributed by atoms with Crippen LogP contribution in [0.3, 0.4) is 0 Å². The highest BCUT2D eigenvalue weighted by molar-refractivity contribution is 5.97. The number of hydrogen-bond acceptors (Lipinski definition) is 4. The SMILES string of the molecule is COc1ccc(C(=O)N2CCC(NC(=O)c3ccccc3OC)CC2)cc1. The number of nitrogens with zero attached hydrogens (tertiary/aromatic N) is 1. The molecule has 1 saturated heterocycles. The second kappa shape index (κ2) is 8.58. The molecule has 0 radical (unpaired) electrons. The molecule has 1 fully saturated rings. The zero-order valence-corrected chi connectivity index (χ0v) is 15.6. The first-order chi connectivity index (χ1) is 13.1. The number of para-hydroxylation sites is 1. The van der Waals surface area contributed by atoms with Gasteiger partial charge in [0.05, 0.1) is 19.8 Å². The summed E-state index contributed by atoms with van der Waals surface area (Å²) in [7, 11) is 3.15. The van der Waals surface area contributed by atoms with E-state index in [1.54, 1.807) is 50.6 Å². The molecule has 6 heteroatoms. The van der Waals surface area contributed by atoms with E-state index in [0.717, 1.165) is 18.6 Å². The Morgan fingerprint density at radius 3 is 2.26 bits per heavy atom. The quantitative estimate of drug-likeness (QED) is 0.881. The largest absolute Gasteiger partial charge is 0.497 e. The van der Waals surface area contributed by atoms with Crippen LogP contribution in [0.2, 0.25) is 0 Å². The van der Waals surface area contributed by atoms with Crippen molar-refractivity contribution in [2.24, 2.45) is 0 Å². The zero-order chi connectivity index (χ0) is 19.2. The number of benzene rings is 2. The van der Waals surface area contributed by atoms with Gasteiger partial charge in [-0.1, -0.05) is 12.1 Å². The number of methoxy groups -OCH3 is 2. The summed E-state index contributed by atoms with van der Waals surface area (Å²) in [6.07, 6.45) is 1.45. The number of carbonyl (C=O) groups is 2. The Hall–Kier alpha value is -3.02. The molecule has 1 heterocycles. The Kier molecular flexibility index (Phi) is 5.96. The number of ether oxygens (including phenoxy) is 2. The molecule has 27 heavy (non-hydrogen) atoms. The predicted octanol–water partition coefficient (Wildman–Crippen LogP) is 2.74. The Bertz CT molecular complexity index is 796. The summed E-state index contributed by atoms with van der Waals surface area (Å²) in [5.74, 6) is 1.14. The summed E-state index contributed by atoms with van der Waals surface area (Å²) in [6, 6.07) is 14.3. The molecule has 0 bridgehead atoms. The van der Waals surface area contributed by atoms with Gasteiger partial charge < -0.3 is 19.7 Å². The molecule has 3 rings (SSSR count). The van der Waals surface area contributed by atoms with Gasteiger partial charge in [0.15, 0.2) is 0 Å². The van der Waals surface area contributed by atoms with Gasteiger partial charge in [0.25, 0.3) is 11.8 Å². The number of carbonyl (C=O) groups excluding carboxylic acids is 2. The molecule has 2 aromatic carbocycles. The van der Waals surface area contributed by atoms with Gasteiger partial charge in [-0.3, -0.25) is 9.59 Å². The van der Waals surface area contributed by atoms with Crippen LogP contribution in [0.15, 0.2) is 48.5 Å². The van der Waals surface area contributed by atoms with Crippen LogP contribution in [0.4, 0.5) is 0 Å². The summed E-state index contributed by atoms with van der Waals surface area (Å²) < 4.78 is 10.4. The molecule has 0 atom stereocenters. The van der Waals surface area contributed by atoms with E-state index < -0.39 is 0 Å². The first-order valence-corrected chi connectivity index (χ1v) is 8.99. The van der Waals surface area contributed by atoms with E-state index in [4.69, 9.17) is 9.47 Å². The number of nitrogens with one attached hydrogen (secondary N) is 1. The first-order valence-electron chi connectivity index (χ1n) is 8.99. The maximum Gasteiger partial charge on any atom is 0.255 e. The lowest BCUT2D eigenvalue weighted by Crippen LogP contribution is -2.46. The molecule has 1 aliphatic rings. The minimum atomic E-state index is -0.146. The highest BCUT2D eigenvalue weighted by Crippen LogP contribution is 2.20. The lowest BCUT2D eigenvalue weighted by atomic mass is 10.0. The summed E-state index contributed by atoms with van der Waals surface area (Å²) in [5, 5.41) is 3.05. The normalized spacial score (nSPS) is 14.5. The molecule has 0 spiro atoms. The van der Waals surface area contributed by atoms with Crippen LogP contribution in [0.1, 0.15) is 33.6 Å². The van der Waals surface area contributed by atoms with E-state index in [2.05, 4.69) is 5.32 Å². The van der Waals surface area contributed by atoms with Gasteiger partial charge in [0.2, 0.25) is 0 Å². The Morgan fingerprint density at radius 1 is 0.963 bits per heavy atom. The second-order valence-corrected chi connectivity index (χ2v) is 6.47. The molecular formula is C21H24N2O4. The Balaban J connectivity index is 1.55. The van der Waals surface area contributed by atoms with E-state index in [9.17, 15) is 9.59 Å².